The zero-order valence-electron chi connectivity index (χ0n) is 14.0. The number of benzene rings is 2. The molecule has 0 unspecified atom stereocenters. The van der Waals surface area contributed by atoms with Crippen molar-refractivity contribution in [3.63, 3.8) is 0 Å². The predicted octanol–water partition coefficient (Wildman–Crippen LogP) is 2.99. The molecule has 0 saturated carbocycles. The number of aryl methyl sites for hydroxylation is 1. The molecular formula is C18H19FN2O3S. The Kier molecular flexibility index (Phi) is 6.82. The van der Waals surface area contributed by atoms with Crippen LogP contribution in [0.1, 0.15) is 5.56 Å². The lowest BCUT2D eigenvalue weighted by atomic mass is 10.2. The van der Waals surface area contributed by atoms with E-state index in [2.05, 4.69) is 10.6 Å². The zero-order chi connectivity index (χ0) is 18.2. The third-order valence-corrected chi connectivity index (χ3v) is 4.27. The molecule has 0 fully saturated rings. The summed E-state index contributed by atoms with van der Waals surface area (Å²) in [5.74, 6) is -0.244. The smallest absolute Gasteiger partial charge is 0.243 e. The van der Waals surface area contributed by atoms with Crippen molar-refractivity contribution in [3.05, 3.63) is 53.8 Å². The number of carbonyl (C=O) groups is 2. The fourth-order valence-corrected chi connectivity index (χ4v) is 2.75. The van der Waals surface area contributed by atoms with Crippen molar-refractivity contribution in [2.75, 3.05) is 24.7 Å². The highest BCUT2D eigenvalue weighted by molar-refractivity contribution is 8.00. The molecule has 0 aromatic heterocycles. The molecule has 0 aliphatic rings. The number of ether oxygens (including phenoxy) is 1. The van der Waals surface area contributed by atoms with Crippen molar-refractivity contribution in [1.29, 1.82) is 0 Å². The number of halogens is 1. The molecule has 0 aliphatic carbocycles. The minimum atomic E-state index is -0.343. The van der Waals surface area contributed by atoms with Gasteiger partial charge in [0, 0.05) is 4.90 Å². The lowest BCUT2D eigenvalue weighted by molar-refractivity contribution is -0.122. The summed E-state index contributed by atoms with van der Waals surface area (Å²) in [6.07, 6.45) is 0. The van der Waals surface area contributed by atoms with E-state index in [1.165, 1.54) is 31.0 Å². The van der Waals surface area contributed by atoms with Crippen LogP contribution in [0.4, 0.5) is 10.1 Å². The summed E-state index contributed by atoms with van der Waals surface area (Å²) in [6.45, 7) is 1.77. The molecule has 0 aliphatic heterocycles. The number of hydrogen-bond donors (Lipinski definition) is 2. The number of amides is 2. The Hall–Kier alpha value is -2.54. The van der Waals surface area contributed by atoms with Crippen LogP contribution in [0.3, 0.4) is 0 Å². The SMILES string of the molecule is COc1ccc(C)cc1NC(=O)CNC(=O)CSc1ccc(F)cc1. The molecule has 2 rings (SSSR count). The van der Waals surface area contributed by atoms with Gasteiger partial charge in [-0.05, 0) is 48.9 Å². The Morgan fingerprint density at radius 2 is 1.84 bits per heavy atom. The first-order valence-corrected chi connectivity index (χ1v) is 8.56. The van der Waals surface area contributed by atoms with Crippen molar-refractivity contribution >= 4 is 29.3 Å². The fraction of sp³-hybridized carbons (Fsp3) is 0.222. The van der Waals surface area contributed by atoms with E-state index in [9.17, 15) is 14.0 Å². The molecule has 2 aromatic carbocycles. The Balaban J connectivity index is 1.78. The van der Waals surface area contributed by atoms with E-state index in [1.54, 1.807) is 24.3 Å². The highest BCUT2D eigenvalue weighted by Crippen LogP contribution is 2.25. The average molecular weight is 362 g/mol. The molecule has 0 atom stereocenters. The van der Waals surface area contributed by atoms with E-state index >= 15 is 0 Å². The second-order valence-corrected chi connectivity index (χ2v) is 6.32. The summed E-state index contributed by atoms with van der Waals surface area (Å²) in [5.41, 5.74) is 1.54. The minimum absolute atomic E-state index is 0.139. The number of thioether (sulfide) groups is 1. The third kappa shape index (κ3) is 6.11. The molecule has 7 heteroatoms. The first kappa shape index (κ1) is 18.8. The van der Waals surface area contributed by atoms with Gasteiger partial charge in [-0.3, -0.25) is 9.59 Å². The van der Waals surface area contributed by atoms with Crippen molar-refractivity contribution in [1.82, 2.24) is 5.32 Å². The largest absolute Gasteiger partial charge is 0.495 e. The number of methoxy groups -OCH3 is 1. The van der Waals surface area contributed by atoms with Gasteiger partial charge in [-0.2, -0.15) is 0 Å². The molecule has 2 N–H and O–H groups in total. The van der Waals surface area contributed by atoms with Crippen LogP contribution in [0.15, 0.2) is 47.4 Å². The van der Waals surface area contributed by atoms with E-state index in [4.69, 9.17) is 4.74 Å². The van der Waals surface area contributed by atoms with Gasteiger partial charge in [0.25, 0.3) is 0 Å². The Labute approximate surface area is 150 Å². The van der Waals surface area contributed by atoms with Crippen LogP contribution < -0.4 is 15.4 Å². The maximum Gasteiger partial charge on any atom is 0.243 e. The van der Waals surface area contributed by atoms with Gasteiger partial charge in [-0.1, -0.05) is 6.07 Å². The zero-order valence-corrected chi connectivity index (χ0v) is 14.8. The van der Waals surface area contributed by atoms with Gasteiger partial charge in [0.05, 0.1) is 25.1 Å². The normalized spacial score (nSPS) is 10.2. The highest BCUT2D eigenvalue weighted by atomic mass is 32.2. The van der Waals surface area contributed by atoms with Gasteiger partial charge in [0.2, 0.25) is 11.8 Å². The van der Waals surface area contributed by atoms with Gasteiger partial charge < -0.3 is 15.4 Å². The topological polar surface area (TPSA) is 67.4 Å². The first-order chi connectivity index (χ1) is 12.0. The monoisotopic (exact) mass is 362 g/mol. The number of nitrogens with one attached hydrogen (secondary N) is 2. The molecule has 0 spiro atoms. The Morgan fingerprint density at radius 1 is 1.12 bits per heavy atom. The summed E-state index contributed by atoms with van der Waals surface area (Å²) in [7, 11) is 1.52. The second-order valence-electron chi connectivity index (χ2n) is 5.27. The molecule has 0 bridgehead atoms. The summed E-state index contributed by atoms with van der Waals surface area (Å²) in [5, 5.41) is 5.26. The molecule has 0 saturated heterocycles. The van der Waals surface area contributed by atoms with E-state index in [1.807, 2.05) is 13.0 Å². The summed E-state index contributed by atoms with van der Waals surface area (Å²) in [6, 6.07) is 11.3. The van der Waals surface area contributed by atoms with Crippen LogP contribution in [0.2, 0.25) is 0 Å². The summed E-state index contributed by atoms with van der Waals surface area (Å²) < 4.78 is 18.0. The third-order valence-electron chi connectivity index (χ3n) is 3.26. The Morgan fingerprint density at radius 3 is 2.52 bits per heavy atom. The van der Waals surface area contributed by atoms with E-state index in [-0.39, 0.29) is 29.9 Å². The number of carbonyl (C=O) groups excluding carboxylic acids is 2. The van der Waals surface area contributed by atoms with Gasteiger partial charge in [0.1, 0.15) is 11.6 Å². The standard InChI is InChI=1S/C18H19FN2O3S/c1-12-3-8-16(24-2)15(9-12)21-17(22)10-20-18(23)11-25-14-6-4-13(19)5-7-14/h3-9H,10-11H2,1-2H3,(H,20,23)(H,21,22). The van der Waals surface area contributed by atoms with Crippen LogP contribution in [0.5, 0.6) is 5.75 Å². The van der Waals surface area contributed by atoms with Gasteiger partial charge in [-0.15, -0.1) is 11.8 Å². The molecule has 0 radical (unpaired) electrons. The number of hydrogen-bond acceptors (Lipinski definition) is 4. The molecule has 132 valence electrons. The van der Waals surface area contributed by atoms with E-state index < -0.39 is 0 Å². The average Bonchev–Trinajstić information content (AvgIpc) is 2.59. The maximum atomic E-state index is 12.8. The van der Waals surface area contributed by atoms with Crippen LogP contribution in [-0.2, 0) is 9.59 Å². The summed E-state index contributed by atoms with van der Waals surface area (Å²) >= 11 is 1.27. The molecule has 0 heterocycles. The second kappa shape index (κ2) is 9.08. The van der Waals surface area contributed by atoms with Gasteiger partial charge in [-0.25, -0.2) is 4.39 Å². The van der Waals surface area contributed by atoms with Crippen molar-refractivity contribution in [3.8, 4) is 5.75 Å². The summed E-state index contributed by atoms with van der Waals surface area (Å²) in [4.78, 5) is 24.6. The maximum absolute atomic E-state index is 12.8. The number of anilines is 1. The fourth-order valence-electron chi connectivity index (χ4n) is 2.02. The van der Waals surface area contributed by atoms with Crippen LogP contribution in [-0.4, -0.2) is 31.2 Å². The molecular weight excluding hydrogens is 343 g/mol. The van der Waals surface area contributed by atoms with Crippen molar-refractivity contribution in [2.45, 2.75) is 11.8 Å². The highest BCUT2D eigenvalue weighted by Gasteiger charge is 2.10. The lowest BCUT2D eigenvalue weighted by Crippen LogP contribution is -2.34. The lowest BCUT2D eigenvalue weighted by Gasteiger charge is -2.11. The predicted molar refractivity (Wildman–Crippen MR) is 96.5 cm³/mol. The van der Waals surface area contributed by atoms with E-state index in [0.29, 0.717) is 11.4 Å². The molecule has 2 amide bonds. The van der Waals surface area contributed by atoms with Crippen LogP contribution >= 0.6 is 11.8 Å². The van der Waals surface area contributed by atoms with E-state index in [0.717, 1.165) is 10.5 Å². The van der Waals surface area contributed by atoms with Gasteiger partial charge >= 0.3 is 0 Å². The first-order valence-electron chi connectivity index (χ1n) is 7.57. The van der Waals surface area contributed by atoms with Crippen molar-refractivity contribution < 1.29 is 18.7 Å². The Bertz CT molecular complexity index is 750. The van der Waals surface area contributed by atoms with Crippen LogP contribution in [0.25, 0.3) is 0 Å². The van der Waals surface area contributed by atoms with Crippen LogP contribution in [0, 0.1) is 12.7 Å². The molecule has 5 nitrogen and oxygen atoms in total. The number of rotatable bonds is 7. The van der Waals surface area contributed by atoms with Gasteiger partial charge in [0.15, 0.2) is 0 Å². The van der Waals surface area contributed by atoms with Crippen molar-refractivity contribution in [2.24, 2.45) is 0 Å². The molecule has 25 heavy (non-hydrogen) atoms. The molecule has 2 aromatic rings. The quantitative estimate of drug-likeness (QED) is 0.743. The minimum Gasteiger partial charge on any atom is -0.495 e.